The molecule has 25 heavy (non-hydrogen) atoms. The molecule has 1 aromatic carbocycles. The molecule has 8 heteroatoms. The number of rotatable bonds is 5. The molecule has 0 spiro atoms. The maximum absolute atomic E-state index is 12.2. The summed E-state index contributed by atoms with van der Waals surface area (Å²) in [4.78, 5) is 16.7. The average Bonchev–Trinajstić information content (AvgIpc) is 2.96. The normalized spacial score (nSPS) is 14.8. The van der Waals surface area contributed by atoms with Crippen molar-refractivity contribution in [2.45, 2.75) is 31.6 Å². The van der Waals surface area contributed by atoms with Crippen LogP contribution in [0.25, 0.3) is 0 Å². The van der Waals surface area contributed by atoms with Gasteiger partial charge in [-0.3, -0.25) is 10.1 Å². The predicted molar refractivity (Wildman–Crippen MR) is 104 cm³/mol. The standard InChI is InChI=1S/C17H22BrN5O.ClH/c1-23-17(21-16(22-23)13-8-10-19-11-9-13)20-15(24)7-6-12-4-2-3-5-14(12)18;/h2-5,13,19H,6-11H2,1H3,(H,20,21,22,24);1H. The molecular formula is C17H23BrClN5O. The Morgan fingerprint density at radius 2 is 2.08 bits per heavy atom. The predicted octanol–water partition coefficient (Wildman–Crippen LogP) is 3.04. The fourth-order valence-electron chi connectivity index (χ4n) is 2.90. The fraction of sp³-hybridized carbons (Fsp3) is 0.471. The summed E-state index contributed by atoms with van der Waals surface area (Å²) in [6, 6.07) is 7.96. The van der Waals surface area contributed by atoms with Gasteiger partial charge < -0.3 is 5.32 Å². The molecular weight excluding hydrogens is 406 g/mol. The summed E-state index contributed by atoms with van der Waals surface area (Å²) in [6.45, 7) is 1.99. The van der Waals surface area contributed by atoms with Crippen molar-refractivity contribution in [3.8, 4) is 0 Å². The Morgan fingerprint density at radius 1 is 1.36 bits per heavy atom. The summed E-state index contributed by atoms with van der Waals surface area (Å²) in [7, 11) is 1.82. The average molecular weight is 429 g/mol. The molecule has 0 radical (unpaired) electrons. The number of anilines is 1. The zero-order valence-corrected chi connectivity index (χ0v) is 16.6. The van der Waals surface area contributed by atoms with Gasteiger partial charge >= 0.3 is 0 Å². The number of piperidine rings is 1. The summed E-state index contributed by atoms with van der Waals surface area (Å²) < 4.78 is 2.69. The molecule has 2 N–H and O–H groups in total. The number of amides is 1. The van der Waals surface area contributed by atoms with Gasteiger partial charge in [0.25, 0.3) is 0 Å². The van der Waals surface area contributed by atoms with Gasteiger partial charge in [0.15, 0.2) is 5.82 Å². The molecule has 1 saturated heterocycles. The highest BCUT2D eigenvalue weighted by atomic mass is 79.9. The largest absolute Gasteiger partial charge is 0.317 e. The molecule has 1 aliphatic rings. The van der Waals surface area contributed by atoms with E-state index in [1.807, 2.05) is 31.3 Å². The molecule has 1 amide bonds. The molecule has 0 saturated carbocycles. The van der Waals surface area contributed by atoms with Crippen LogP contribution in [0.4, 0.5) is 5.95 Å². The topological polar surface area (TPSA) is 71.8 Å². The van der Waals surface area contributed by atoms with E-state index >= 15 is 0 Å². The Bertz CT molecular complexity index is 715. The van der Waals surface area contributed by atoms with Crippen LogP contribution in [-0.2, 0) is 18.3 Å². The lowest BCUT2D eigenvalue weighted by atomic mass is 9.98. The maximum atomic E-state index is 12.2. The van der Waals surface area contributed by atoms with E-state index < -0.39 is 0 Å². The van der Waals surface area contributed by atoms with Gasteiger partial charge in [-0.25, -0.2) is 4.68 Å². The highest BCUT2D eigenvalue weighted by Crippen LogP contribution is 2.23. The van der Waals surface area contributed by atoms with Crippen LogP contribution < -0.4 is 10.6 Å². The summed E-state index contributed by atoms with van der Waals surface area (Å²) >= 11 is 3.51. The third-order valence-corrected chi connectivity index (χ3v) is 5.09. The number of carbonyl (C=O) groups is 1. The van der Waals surface area contributed by atoms with Gasteiger partial charge in [0.05, 0.1) is 0 Å². The smallest absolute Gasteiger partial charge is 0.227 e. The van der Waals surface area contributed by atoms with Gasteiger partial charge in [0.1, 0.15) is 0 Å². The number of aryl methyl sites for hydroxylation is 2. The number of nitrogens with one attached hydrogen (secondary N) is 2. The second-order valence-electron chi connectivity index (χ2n) is 6.08. The first-order valence-corrected chi connectivity index (χ1v) is 9.07. The Balaban J connectivity index is 0.00000225. The molecule has 0 atom stereocenters. The maximum Gasteiger partial charge on any atom is 0.227 e. The van der Waals surface area contributed by atoms with Crippen LogP contribution in [0.3, 0.4) is 0 Å². The van der Waals surface area contributed by atoms with Crippen molar-refractivity contribution in [2.24, 2.45) is 7.05 Å². The molecule has 0 unspecified atom stereocenters. The van der Waals surface area contributed by atoms with Gasteiger partial charge in [-0.1, -0.05) is 34.1 Å². The van der Waals surface area contributed by atoms with Crippen molar-refractivity contribution in [1.82, 2.24) is 20.1 Å². The zero-order chi connectivity index (χ0) is 16.9. The van der Waals surface area contributed by atoms with E-state index in [0.717, 1.165) is 41.8 Å². The van der Waals surface area contributed by atoms with Crippen molar-refractivity contribution >= 4 is 40.2 Å². The van der Waals surface area contributed by atoms with Crippen molar-refractivity contribution in [2.75, 3.05) is 18.4 Å². The highest BCUT2D eigenvalue weighted by Gasteiger charge is 2.21. The van der Waals surface area contributed by atoms with E-state index in [2.05, 4.69) is 36.6 Å². The van der Waals surface area contributed by atoms with Crippen LogP contribution in [0, 0.1) is 0 Å². The number of halogens is 2. The Kier molecular flexibility index (Phi) is 7.40. The zero-order valence-electron chi connectivity index (χ0n) is 14.2. The minimum Gasteiger partial charge on any atom is -0.317 e. The summed E-state index contributed by atoms with van der Waals surface area (Å²) in [5, 5.41) is 10.7. The third kappa shape index (κ3) is 5.26. The summed E-state index contributed by atoms with van der Waals surface area (Å²) in [5.74, 6) is 1.70. The lowest BCUT2D eigenvalue weighted by Gasteiger charge is -2.19. The Hall–Kier alpha value is -1.44. The number of hydrogen-bond donors (Lipinski definition) is 2. The fourth-order valence-corrected chi connectivity index (χ4v) is 3.39. The van der Waals surface area contributed by atoms with E-state index in [9.17, 15) is 4.79 Å². The van der Waals surface area contributed by atoms with E-state index in [0.29, 0.717) is 24.7 Å². The summed E-state index contributed by atoms with van der Waals surface area (Å²) in [6.07, 6.45) is 3.18. The minimum atomic E-state index is -0.0434. The van der Waals surface area contributed by atoms with Gasteiger partial charge in [0, 0.05) is 23.9 Å². The quantitative estimate of drug-likeness (QED) is 0.768. The van der Waals surface area contributed by atoms with Crippen LogP contribution >= 0.6 is 28.3 Å². The van der Waals surface area contributed by atoms with Crippen LogP contribution in [0.5, 0.6) is 0 Å². The lowest BCUT2D eigenvalue weighted by Crippen LogP contribution is -2.27. The molecule has 1 fully saturated rings. The van der Waals surface area contributed by atoms with Crippen molar-refractivity contribution < 1.29 is 4.79 Å². The first-order chi connectivity index (χ1) is 11.6. The third-order valence-electron chi connectivity index (χ3n) is 4.31. The molecule has 2 aromatic rings. The van der Waals surface area contributed by atoms with Crippen molar-refractivity contribution in [1.29, 1.82) is 0 Å². The highest BCUT2D eigenvalue weighted by molar-refractivity contribution is 9.10. The molecule has 2 heterocycles. The summed E-state index contributed by atoms with van der Waals surface area (Å²) in [5.41, 5.74) is 1.13. The number of benzene rings is 1. The van der Waals surface area contributed by atoms with Crippen molar-refractivity contribution in [3.05, 3.63) is 40.1 Å². The number of hydrogen-bond acceptors (Lipinski definition) is 4. The van der Waals surface area contributed by atoms with Crippen LogP contribution in [-0.4, -0.2) is 33.8 Å². The molecule has 136 valence electrons. The second kappa shape index (κ2) is 9.31. The first-order valence-electron chi connectivity index (χ1n) is 8.28. The number of carbonyl (C=O) groups excluding carboxylic acids is 1. The van der Waals surface area contributed by atoms with Gasteiger partial charge in [0.2, 0.25) is 11.9 Å². The molecule has 0 aliphatic carbocycles. The van der Waals surface area contributed by atoms with E-state index in [4.69, 9.17) is 0 Å². The van der Waals surface area contributed by atoms with Crippen LogP contribution in [0.1, 0.15) is 36.6 Å². The molecule has 3 rings (SSSR count). The van der Waals surface area contributed by atoms with E-state index in [1.54, 1.807) is 4.68 Å². The van der Waals surface area contributed by atoms with E-state index in [-0.39, 0.29) is 18.3 Å². The number of aromatic nitrogens is 3. The van der Waals surface area contributed by atoms with Gasteiger partial charge in [-0.15, -0.1) is 12.4 Å². The monoisotopic (exact) mass is 427 g/mol. The second-order valence-corrected chi connectivity index (χ2v) is 6.94. The van der Waals surface area contributed by atoms with E-state index in [1.165, 1.54) is 0 Å². The van der Waals surface area contributed by atoms with Gasteiger partial charge in [-0.2, -0.15) is 10.1 Å². The molecule has 6 nitrogen and oxygen atoms in total. The van der Waals surface area contributed by atoms with Crippen LogP contribution in [0.2, 0.25) is 0 Å². The van der Waals surface area contributed by atoms with Crippen LogP contribution in [0.15, 0.2) is 28.7 Å². The molecule has 0 bridgehead atoms. The lowest BCUT2D eigenvalue weighted by molar-refractivity contribution is -0.116. The minimum absolute atomic E-state index is 0. The SMILES string of the molecule is Cl.Cn1nc(C2CCNCC2)nc1NC(=O)CCc1ccccc1Br. The van der Waals surface area contributed by atoms with Crippen molar-refractivity contribution in [3.63, 3.8) is 0 Å². The Morgan fingerprint density at radius 3 is 2.80 bits per heavy atom. The first kappa shape index (κ1) is 19.9. The molecule has 1 aliphatic heterocycles. The molecule has 1 aromatic heterocycles. The number of nitrogens with zero attached hydrogens (tertiary/aromatic N) is 3. The van der Waals surface area contributed by atoms with Gasteiger partial charge in [-0.05, 0) is 44.0 Å². The Labute approximate surface area is 162 Å².